The minimum atomic E-state index is -0.564. The summed E-state index contributed by atoms with van der Waals surface area (Å²) < 4.78 is 26.7. The lowest BCUT2D eigenvalue weighted by molar-refractivity contribution is 0.573. The lowest BCUT2D eigenvalue weighted by Gasteiger charge is -2.12. The Balaban J connectivity index is 1.92. The van der Waals surface area contributed by atoms with Gasteiger partial charge in [0.25, 0.3) is 0 Å². The number of rotatable bonds is 3. The molecule has 1 atom stereocenters. The Bertz CT molecular complexity index is 758. The Kier molecular flexibility index (Phi) is 3.67. The van der Waals surface area contributed by atoms with Crippen LogP contribution in [0.15, 0.2) is 41.0 Å². The lowest BCUT2D eigenvalue weighted by Crippen LogP contribution is -1.95. The number of nitrogens with zero attached hydrogens (tertiary/aromatic N) is 2. The molecule has 0 aliphatic carbocycles. The molecule has 0 aliphatic rings. The molecule has 2 aromatic heterocycles. The largest absolute Gasteiger partial charge is 0.229 e. The molecule has 3 rings (SSSR count). The smallest absolute Gasteiger partial charge is 0.130 e. The predicted octanol–water partition coefficient (Wildman–Crippen LogP) is 4.82. The van der Waals surface area contributed by atoms with Crippen LogP contribution in [0.5, 0.6) is 0 Å². The van der Waals surface area contributed by atoms with E-state index in [0.29, 0.717) is 5.56 Å². The maximum atomic E-state index is 13.8. The van der Waals surface area contributed by atoms with E-state index in [1.807, 2.05) is 18.4 Å². The van der Waals surface area contributed by atoms with Crippen LogP contribution in [-0.4, -0.2) is 9.97 Å². The summed E-state index contributed by atoms with van der Waals surface area (Å²) in [6, 6.07) is 5.62. The van der Waals surface area contributed by atoms with E-state index in [1.165, 1.54) is 30.2 Å². The highest BCUT2D eigenvalue weighted by atomic mass is 32.2. The van der Waals surface area contributed by atoms with E-state index in [2.05, 4.69) is 9.97 Å². The van der Waals surface area contributed by atoms with Gasteiger partial charge in [-0.2, -0.15) is 0 Å². The summed E-state index contributed by atoms with van der Waals surface area (Å²) >= 11 is 2.99. The molecular weight excluding hydrogens is 298 g/mol. The van der Waals surface area contributed by atoms with Gasteiger partial charge in [-0.25, -0.2) is 18.7 Å². The second kappa shape index (κ2) is 5.46. The molecule has 0 aliphatic heterocycles. The molecule has 0 bridgehead atoms. The van der Waals surface area contributed by atoms with Crippen molar-refractivity contribution in [2.24, 2.45) is 0 Å². The molecule has 0 spiro atoms. The Hall–Kier alpha value is -1.53. The fourth-order valence-electron chi connectivity index (χ4n) is 1.92. The highest BCUT2D eigenvalue weighted by Gasteiger charge is 2.15. The molecule has 0 fully saturated rings. The zero-order valence-electron chi connectivity index (χ0n) is 10.5. The van der Waals surface area contributed by atoms with E-state index in [4.69, 9.17) is 0 Å². The summed E-state index contributed by atoms with van der Waals surface area (Å²) in [6.45, 7) is 1.88. The van der Waals surface area contributed by atoms with Gasteiger partial charge in [-0.3, -0.25) is 0 Å². The third kappa shape index (κ3) is 2.53. The summed E-state index contributed by atoms with van der Waals surface area (Å²) in [4.78, 5) is 9.35. The normalized spacial score (nSPS) is 12.8. The molecule has 6 heteroatoms. The van der Waals surface area contributed by atoms with Crippen LogP contribution in [0.4, 0.5) is 8.78 Å². The van der Waals surface area contributed by atoms with Gasteiger partial charge >= 0.3 is 0 Å². The van der Waals surface area contributed by atoms with Crippen LogP contribution in [0, 0.1) is 11.6 Å². The first-order valence-electron chi connectivity index (χ1n) is 5.95. The molecule has 20 heavy (non-hydrogen) atoms. The maximum Gasteiger partial charge on any atom is 0.130 e. The summed E-state index contributed by atoms with van der Waals surface area (Å²) in [7, 11) is 0. The maximum absolute atomic E-state index is 13.8. The van der Waals surface area contributed by atoms with Crippen molar-refractivity contribution >= 4 is 33.3 Å². The molecule has 0 amide bonds. The second-order valence-electron chi connectivity index (χ2n) is 4.24. The molecule has 3 aromatic rings. The van der Waals surface area contributed by atoms with Crippen LogP contribution in [-0.2, 0) is 0 Å². The van der Waals surface area contributed by atoms with Gasteiger partial charge in [0, 0.05) is 22.3 Å². The van der Waals surface area contributed by atoms with Crippen molar-refractivity contribution < 1.29 is 8.78 Å². The van der Waals surface area contributed by atoms with E-state index in [9.17, 15) is 8.78 Å². The highest BCUT2D eigenvalue weighted by molar-refractivity contribution is 7.99. The molecule has 2 heterocycles. The van der Waals surface area contributed by atoms with Gasteiger partial charge in [0.2, 0.25) is 0 Å². The minimum absolute atomic E-state index is 0.159. The molecule has 0 saturated heterocycles. The van der Waals surface area contributed by atoms with Crippen molar-refractivity contribution in [3.8, 4) is 0 Å². The van der Waals surface area contributed by atoms with Crippen molar-refractivity contribution in [3.05, 3.63) is 53.2 Å². The first-order valence-corrected chi connectivity index (χ1v) is 7.71. The van der Waals surface area contributed by atoms with Gasteiger partial charge in [0.1, 0.15) is 27.8 Å². The number of thiophene rings is 1. The lowest BCUT2D eigenvalue weighted by atomic mass is 10.1. The summed E-state index contributed by atoms with van der Waals surface area (Å²) in [5.41, 5.74) is 0.471. The SMILES string of the molecule is CC(Sc1ncnc2sccc12)c1ccc(F)cc1F. The van der Waals surface area contributed by atoms with Crippen LogP contribution in [0.2, 0.25) is 0 Å². The number of thioether (sulfide) groups is 1. The zero-order valence-corrected chi connectivity index (χ0v) is 12.1. The molecule has 0 saturated carbocycles. The van der Waals surface area contributed by atoms with Crippen molar-refractivity contribution in [1.29, 1.82) is 0 Å². The van der Waals surface area contributed by atoms with Gasteiger partial charge in [0.15, 0.2) is 0 Å². The average molecular weight is 308 g/mol. The Morgan fingerprint density at radius 1 is 1.20 bits per heavy atom. The Morgan fingerprint density at radius 2 is 2.05 bits per heavy atom. The monoisotopic (exact) mass is 308 g/mol. The van der Waals surface area contributed by atoms with E-state index < -0.39 is 11.6 Å². The number of halogens is 2. The van der Waals surface area contributed by atoms with Crippen LogP contribution in [0.1, 0.15) is 17.7 Å². The second-order valence-corrected chi connectivity index (χ2v) is 6.47. The minimum Gasteiger partial charge on any atom is -0.229 e. The first-order chi connectivity index (χ1) is 9.65. The van der Waals surface area contributed by atoms with Gasteiger partial charge in [-0.05, 0) is 24.4 Å². The topological polar surface area (TPSA) is 25.8 Å². The van der Waals surface area contributed by atoms with Gasteiger partial charge in [-0.1, -0.05) is 17.8 Å². The molecule has 0 radical (unpaired) electrons. The number of benzene rings is 1. The highest BCUT2D eigenvalue weighted by Crippen LogP contribution is 2.38. The van der Waals surface area contributed by atoms with Crippen molar-refractivity contribution in [2.45, 2.75) is 17.2 Å². The molecular formula is C14H10F2N2S2. The average Bonchev–Trinajstić information content (AvgIpc) is 2.87. The Labute approximate surface area is 122 Å². The van der Waals surface area contributed by atoms with Crippen LogP contribution in [0.3, 0.4) is 0 Å². The summed E-state index contributed by atoms with van der Waals surface area (Å²) in [5, 5.41) is 3.57. The molecule has 0 N–H and O–H groups in total. The zero-order chi connectivity index (χ0) is 14.1. The molecule has 1 aromatic carbocycles. The predicted molar refractivity (Wildman–Crippen MR) is 78.0 cm³/mol. The van der Waals surface area contributed by atoms with E-state index in [0.717, 1.165) is 21.3 Å². The van der Waals surface area contributed by atoms with E-state index >= 15 is 0 Å². The van der Waals surface area contributed by atoms with Gasteiger partial charge in [-0.15, -0.1) is 11.3 Å². The molecule has 1 unspecified atom stereocenters. The third-order valence-electron chi connectivity index (χ3n) is 2.91. The van der Waals surface area contributed by atoms with E-state index in [1.54, 1.807) is 11.3 Å². The van der Waals surface area contributed by atoms with Gasteiger partial charge in [0.05, 0.1) is 0 Å². The van der Waals surface area contributed by atoms with Crippen LogP contribution in [0.25, 0.3) is 10.2 Å². The quantitative estimate of drug-likeness (QED) is 0.512. The number of hydrogen-bond acceptors (Lipinski definition) is 4. The number of fused-ring (bicyclic) bond motifs is 1. The van der Waals surface area contributed by atoms with Crippen LogP contribution < -0.4 is 0 Å². The standard InChI is InChI=1S/C14H10F2N2S2/c1-8(10-3-2-9(15)6-12(10)16)20-14-11-4-5-19-13(11)17-7-18-14/h2-8H,1H3. The first kappa shape index (κ1) is 13.5. The molecule has 102 valence electrons. The third-order valence-corrected chi connectivity index (χ3v) is 4.89. The fourth-order valence-corrected chi connectivity index (χ4v) is 3.77. The Morgan fingerprint density at radius 3 is 2.85 bits per heavy atom. The van der Waals surface area contributed by atoms with Crippen LogP contribution >= 0.6 is 23.1 Å². The summed E-state index contributed by atoms with van der Waals surface area (Å²) in [5.74, 6) is -1.09. The van der Waals surface area contributed by atoms with Crippen molar-refractivity contribution in [2.75, 3.05) is 0 Å². The molecule has 2 nitrogen and oxygen atoms in total. The number of aromatic nitrogens is 2. The van der Waals surface area contributed by atoms with Crippen molar-refractivity contribution in [1.82, 2.24) is 9.97 Å². The van der Waals surface area contributed by atoms with E-state index in [-0.39, 0.29) is 5.25 Å². The van der Waals surface area contributed by atoms with Gasteiger partial charge < -0.3 is 0 Å². The summed E-state index contributed by atoms with van der Waals surface area (Å²) in [6.07, 6.45) is 1.51. The number of hydrogen-bond donors (Lipinski definition) is 0. The van der Waals surface area contributed by atoms with Crippen molar-refractivity contribution in [3.63, 3.8) is 0 Å². The fraction of sp³-hybridized carbons (Fsp3) is 0.143.